The number of nitrogens with one attached hydrogen (secondary N) is 2. The summed E-state index contributed by atoms with van der Waals surface area (Å²) in [6.07, 6.45) is -0.776. The summed E-state index contributed by atoms with van der Waals surface area (Å²) in [4.78, 5) is 53.0. The van der Waals surface area contributed by atoms with Gasteiger partial charge in [0.05, 0.1) is 24.6 Å². The average Bonchev–Trinajstić information content (AvgIpc) is 3.29. The van der Waals surface area contributed by atoms with Crippen LogP contribution in [0.25, 0.3) is 0 Å². The van der Waals surface area contributed by atoms with Gasteiger partial charge in [0, 0.05) is 50.0 Å². The van der Waals surface area contributed by atoms with Crippen molar-refractivity contribution >= 4 is 35.2 Å². The standard InChI is InChI=1S/C26H30N6O7/c1-2-38-23(33)17-30-13-11-29(12-14-30)15-20-16-31(26(35)39-20)19-9-7-18(8-10-19)24(27)28-25(34)21-5-3-4-6-22(21)32(36)37/h3-10,20H,2,11-17H2,1H3,(H2,27,28,34). The van der Waals surface area contributed by atoms with Crippen LogP contribution in [0.5, 0.6) is 0 Å². The highest BCUT2D eigenvalue weighted by Crippen LogP contribution is 2.23. The number of amides is 2. The van der Waals surface area contributed by atoms with Crippen molar-refractivity contribution in [1.82, 2.24) is 15.1 Å². The second-order valence-corrected chi connectivity index (χ2v) is 9.15. The Morgan fingerprint density at radius 1 is 1.10 bits per heavy atom. The van der Waals surface area contributed by atoms with Crippen molar-refractivity contribution in [3.63, 3.8) is 0 Å². The molecule has 0 saturated carbocycles. The minimum absolute atomic E-state index is 0.143. The van der Waals surface area contributed by atoms with E-state index in [9.17, 15) is 24.5 Å². The van der Waals surface area contributed by atoms with E-state index in [1.807, 2.05) is 4.90 Å². The van der Waals surface area contributed by atoms with Gasteiger partial charge >= 0.3 is 12.1 Å². The van der Waals surface area contributed by atoms with Crippen LogP contribution in [0, 0.1) is 15.5 Å². The molecule has 2 N–H and O–H groups in total. The number of nitro groups is 1. The fourth-order valence-corrected chi connectivity index (χ4v) is 4.52. The van der Waals surface area contributed by atoms with E-state index in [1.165, 1.54) is 29.2 Å². The van der Waals surface area contributed by atoms with Crippen LogP contribution in [0.2, 0.25) is 0 Å². The molecule has 2 aromatic carbocycles. The molecule has 13 nitrogen and oxygen atoms in total. The Kier molecular flexibility index (Phi) is 8.84. The van der Waals surface area contributed by atoms with E-state index in [0.29, 0.717) is 30.9 Å². The van der Waals surface area contributed by atoms with Gasteiger partial charge in [0.2, 0.25) is 0 Å². The molecule has 2 heterocycles. The van der Waals surface area contributed by atoms with Gasteiger partial charge in [-0.15, -0.1) is 0 Å². The number of anilines is 1. The number of hydrogen-bond acceptors (Lipinski definition) is 10. The largest absolute Gasteiger partial charge is 0.465 e. The monoisotopic (exact) mass is 538 g/mol. The van der Waals surface area contributed by atoms with Crippen molar-refractivity contribution in [1.29, 1.82) is 5.41 Å². The fraction of sp³-hybridized carbons (Fsp3) is 0.385. The number of hydrogen-bond donors (Lipinski definition) is 2. The molecule has 0 aliphatic carbocycles. The smallest absolute Gasteiger partial charge is 0.414 e. The van der Waals surface area contributed by atoms with E-state index in [2.05, 4.69) is 10.2 Å². The van der Waals surface area contributed by atoms with Crippen molar-refractivity contribution in [2.75, 3.05) is 57.3 Å². The van der Waals surface area contributed by atoms with E-state index in [1.54, 1.807) is 31.2 Å². The number of piperazine rings is 1. The molecule has 2 aromatic rings. The van der Waals surface area contributed by atoms with E-state index in [-0.39, 0.29) is 35.7 Å². The number of carbonyl (C=O) groups excluding carboxylic acids is 3. The highest BCUT2D eigenvalue weighted by Gasteiger charge is 2.34. The van der Waals surface area contributed by atoms with E-state index in [4.69, 9.17) is 14.9 Å². The third-order valence-electron chi connectivity index (χ3n) is 6.51. The van der Waals surface area contributed by atoms with E-state index in [0.717, 1.165) is 26.2 Å². The molecule has 13 heteroatoms. The van der Waals surface area contributed by atoms with Crippen molar-refractivity contribution in [3.8, 4) is 0 Å². The SMILES string of the molecule is CCOC(=O)CN1CCN(CC2CN(c3ccc(C(=N)NC(=O)c4ccccc4[N+](=O)[O-])cc3)C(=O)O2)CC1. The quantitative estimate of drug-likeness (QED) is 0.160. The van der Waals surface area contributed by atoms with Crippen molar-refractivity contribution < 1.29 is 28.8 Å². The molecule has 0 bridgehead atoms. The molecule has 1 unspecified atom stereocenters. The molecule has 2 amide bonds. The first kappa shape index (κ1) is 27.7. The number of para-hydroxylation sites is 1. The van der Waals surface area contributed by atoms with Crippen LogP contribution in [0.15, 0.2) is 48.5 Å². The third-order valence-corrected chi connectivity index (χ3v) is 6.51. The van der Waals surface area contributed by atoms with Crippen LogP contribution in [0.1, 0.15) is 22.8 Å². The summed E-state index contributed by atoms with van der Waals surface area (Å²) in [7, 11) is 0. The van der Waals surface area contributed by atoms with Crippen molar-refractivity contribution in [3.05, 3.63) is 69.8 Å². The predicted molar refractivity (Wildman–Crippen MR) is 141 cm³/mol. The number of ether oxygens (including phenoxy) is 2. The van der Waals surface area contributed by atoms with Gasteiger partial charge in [-0.2, -0.15) is 0 Å². The molecule has 0 spiro atoms. The molecule has 0 radical (unpaired) electrons. The minimum atomic E-state index is -0.760. The lowest BCUT2D eigenvalue weighted by atomic mass is 10.1. The molecule has 2 saturated heterocycles. The summed E-state index contributed by atoms with van der Waals surface area (Å²) in [6.45, 7) is 6.33. The van der Waals surface area contributed by atoms with E-state index >= 15 is 0 Å². The Morgan fingerprint density at radius 3 is 2.44 bits per heavy atom. The molecule has 0 aromatic heterocycles. The van der Waals surface area contributed by atoms with Crippen LogP contribution < -0.4 is 10.2 Å². The number of cyclic esters (lactones) is 1. The summed E-state index contributed by atoms with van der Waals surface area (Å²) < 4.78 is 10.6. The molecule has 1 atom stereocenters. The zero-order chi connectivity index (χ0) is 27.9. The second kappa shape index (κ2) is 12.5. The summed E-state index contributed by atoms with van der Waals surface area (Å²) in [5, 5.41) is 21.8. The Hall–Kier alpha value is -4.36. The summed E-state index contributed by atoms with van der Waals surface area (Å²) >= 11 is 0. The maximum Gasteiger partial charge on any atom is 0.414 e. The Morgan fingerprint density at radius 2 is 1.77 bits per heavy atom. The second-order valence-electron chi connectivity index (χ2n) is 9.15. The zero-order valence-electron chi connectivity index (χ0n) is 21.5. The molecule has 2 aliphatic heterocycles. The highest BCUT2D eigenvalue weighted by molar-refractivity contribution is 6.12. The highest BCUT2D eigenvalue weighted by atomic mass is 16.6. The van der Waals surface area contributed by atoms with Crippen LogP contribution >= 0.6 is 0 Å². The molecule has 39 heavy (non-hydrogen) atoms. The first-order valence-corrected chi connectivity index (χ1v) is 12.6. The maximum atomic E-state index is 12.5. The lowest BCUT2D eigenvalue weighted by molar-refractivity contribution is -0.385. The molecule has 206 valence electrons. The Bertz CT molecular complexity index is 1240. The van der Waals surface area contributed by atoms with Crippen LogP contribution in [-0.4, -0.2) is 97.1 Å². The van der Waals surface area contributed by atoms with Gasteiger partial charge in [0.1, 0.15) is 17.5 Å². The fourth-order valence-electron chi connectivity index (χ4n) is 4.52. The molecule has 4 rings (SSSR count). The lowest BCUT2D eigenvalue weighted by Gasteiger charge is -2.34. The summed E-state index contributed by atoms with van der Waals surface area (Å²) in [5.41, 5.74) is 0.466. The Balaban J connectivity index is 1.28. The van der Waals surface area contributed by atoms with Gasteiger partial charge < -0.3 is 14.8 Å². The lowest BCUT2D eigenvalue weighted by Crippen LogP contribution is -2.50. The number of amidine groups is 1. The minimum Gasteiger partial charge on any atom is -0.465 e. The number of nitro benzene ring substituents is 1. The van der Waals surface area contributed by atoms with Crippen molar-refractivity contribution in [2.45, 2.75) is 13.0 Å². The topological polar surface area (TPSA) is 158 Å². The third kappa shape index (κ3) is 6.94. The van der Waals surface area contributed by atoms with Gasteiger partial charge in [0.15, 0.2) is 0 Å². The van der Waals surface area contributed by atoms with Gasteiger partial charge in [-0.1, -0.05) is 12.1 Å². The van der Waals surface area contributed by atoms with Gasteiger partial charge in [-0.25, -0.2) is 4.79 Å². The van der Waals surface area contributed by atoms with E-state index < -0.39 is 16.9 Å². The number of esters is 1. The molecule has 2 aliphatic rings. The number of rotatable bonds is 9. The summed E-state index contributed by atoms with van der Waals surface area (Å²) in [5.74, 6) is -1.22. The first-order valence-electron chi connectivity index (χ1n) is 12.6. The average molecular weight is 539 g/mol. The van der Waals surface area contributed by atoms with Gasteiger partial charge in [-0.05, 0) is 37.3 Å². The van der Waals surface area contributed by atoms with Crippen molar-refractivity contribution in [2.24, 2.45) is 0 Å². The van der Waals surface area contributed by atoms with Gasteiger partial charge in [0.25, 0.3) is 11.6 Å². The maximum absolute atomic E-state index is 12.5. The zero-order valence-corrected chi connectivity index (χ0v) is 21.5. The normalized spacial score (nSPS) is 17.9. The molecule has 2 fully saturated rings. The molecular weight excluding hydrogens is 508 g/mol. The first-order chi connectivity index (χ1) is 18.7. The van der Waals surface area contributed by atoms with Crippen LogP contribution in [-0.2, 0) is 14.3 Å². The number of benzene rings is 2. The van der Waals surface area contributed by atoms with Crippen LogP contribution in [0.4, 0.5) is 16.2 Å². The van der Waals surface area contributed by atoms with Gasteiger partial charge in [-0.3, -0.25) is 39.8 Å². The van der Waals surface area contributed by atoms with Crippen LogP contribution in [0.3, 0.4) is 0 Å². The number of nitrogens with zero attached hydrogens (tertiary/aromatic N) is 4. The predicted octanol–water partition coefficient (Wildman–Crippen LogP) is 1.86. The summed E-state index contributed by atoms with van der Waals surface area (Å²) in [6, 6.07) is 12.0. The number of carbonyl (C=O) groups is 3. The Labute approximate surface area is 224 Å². The molecular formula is C26H30N6O7.